The molecule has 1 aromatic heterocycles. The van der Waals surface area contributed by atoms with Gasteiger partial charge in [0.15, 0.2) is 6.10 Å². The number of imide groups is 1. The highest BCUT2D eigenvalue weighted by Crippen LogP contribution is 2.07. The van der Waals surface area contributed by atoms with E-state index in [9.17, 15) is 14.4 Å². The molecule has 0 aliphatic carbocycles. The molecule has 0 aliphatic heterocycles. The molecule has 1 rings (SSSR count). The maximum absolute atomic E-state index is 11.3. The van der Waals surface area contributed by atoms with Gasteiger partial charge >= 0.3 is 12.0 Å². The van der Waals surface area contributed by atoms with Gasteiger partial charge in [0.2, 0.25) is 0 Å². The van der Waals surface area contributed by atoms with Gasteiger partial charge in [0.1, 0.15) is 0 Å². The van der Waals surface area contributed by atoms with Gasteiger partial charge in [-0.15, -0.1) is 0 Å². The number of rotatable bonds is 4. The largest absolute Gasteiger partial charge is 0.449 e. The zero-order valence-corrected chi connectivity index (χ0v) is 10.4. The third-order valence-corrected chi connectivity index (χ3v) is 2.57. The topological polar surface area (TPSA) is 98.5 Å². The molecule has 1 heterocycles. The molecule has 0 bridgehead atoms. The normalized spacial score (nSPS) is 12.1. The molecular weight excluding hydrogens is 256 g/mol. The van der Waals surface area contributed by atoms with E-state index in [0.717, 1.165) is 5.56 Å². The molecule has 3 N–H and O–H groups in total. The van der Waals surface area contributed by atoms with Gasteiger partial charge in [0.25, 0.3) is 5.91 Å². The Kier molecular flexibility index (Phi) is 5.06. The number of hydrogen-bond donors (Lipinski definition) is 2. The molecule has 0 spiro atoms. The molecule has 96 valence electrons. The minimum Gasteiger partial charge on any atom is -0.449 e. The van der Waals surface area contributed by atoms with Gasteiger partial charge in [-0.05, 0) is 35.4 Å². The van der Waals surface area contributed by atoms with Gasteiger partial charge in [-0.25, -0.2) is 9.59 Å². The molecule has 0 saturated heterocycles. The van der Waals surface area contributed by atoms with Crippen LogP contribution < -0.4 is 11.1 Å². The average Bonchev–Trinajstić information content (AvgIpc) is 2.78. The molecule has 0 saturated carbocycles. The van der Waals surface area contributed by atoms with Crippen molar-refractivity contribution in [3.8, 4) is 0 Å². The summed E-state index contributed by atoms with van der Waals surface area (Å²) in [5.41, 5.74) is 5.63. The number of nitrogens with one attached hydrogen (secondary N) is 1. The van der Waals surface area contributed by atoms with Crippen molar-refractivity contribution in [2.24, 2.45) is 5.73 Å². The number of nitrogens with two attached hydrogens (primary N) is 1. The Morgan fingerprint density at radius 1 is 1.50 bits per heavy atom. The van der Waals surface area contributed by atoms with Crippen LogP contribution in [0.5, 0.6) is 0 Å². The van der Waals surface area contributed by atoms with Crippen molar-refractivity contribution in [2.75, 3.05) is 0 Å². The summed E-state index contributed by atoms with van der Waals surface area (Å²) < 4.78 is 4.77. The Hall–Kier alpha value is -2.15. The molecule has 0 aliphatic rings. The highest BCUT2D eigenvalue weighted by atomic mass is 32.1. The van der Waals surface area contributed by atoms with E-state index in [4.69, 9.17) is 10.5 Å². The quantitative estimate of drug-likeness (QED) is 0.625. The Balaban J connectivity index is 2.44. The van der Waals surface area contributed by atoms with Gasteiger partial charge in [0, 0.05) is 6.08 Å². The van der Waals surface area contributed by atoms with Crippen LogP contribution in [-0.4, -0.2) is 24.0 Å². The van der Waals surface area contributed by atoms with E-state index in [1.807, 2.05) is 22.1 Å². The third kappa shape index (κ3) is 4.79. The zero-order chi connectivity index (χ0) is 13.5. The lowest BCUT2D eigenvalue weighted by atomic mass is 10.3. The summed E-state index contributed by atoms with van der Waals surface area (Å²) in [5, 5.41) is 5.54. The minimum absolute atomic E-state index is 0.673. The molecule has 0 aromatic carbocycles. The van der Waals surface area contributed by atoms with Crippen LogP contribution in [-0.2, 0) is 14.3 Å². The standard InChI is InChI=1S/C11H12N2O4S/c1-7(10(15)13-11(12)16)17-9(14)3-2-8-4-5-18-6-8/h2-7H,1H3,(H3,12,13,15,16)/b3-2+/t7-/m1/s1. The van der Waals surface area contributed by atoms with Gasteiger partial charge in [-0.3, -0.25) is 10.1 Å². The van der Waals surface area contributed by atoms with Crippen LogP contribution in [0.1, 0.15) is 12.5 Å². The van der Waals surface area contributed by atoms with E-state index < -0.39 is 24.0 Å². The zero-order valence-electron chi connectivity index (χ0n) is 9.58. The number of urea groups is 1. The third-order valence-electron chi connectivity index (χ3n) is 1.86. The van der Waals surface area contributed by atoms with Crippen LogP contribution >= 0.6 is 11.3 Å². The summed E-state index contributed by atoms with van der Waals surface area (Å²) in [6.45, 7) is 1.34. The molecule has 3 amide bonds. The van der Waals surface area contributed by atoms with Crippen LogP contribution in [0.25, 0.3) is 6.08 Å². The smallest absolute Gasteiger partial charge is 0.331 e. The van der Waals surface area contributed by atoms with Gasteiger partial charge in [-0.1, -0.05) is 0 Å². The minimum atomic E-state index is -1.09. The first-order valence-electron chi connectivity index (χ1n) is 5.00. The van der Waals surface area contributed by atoms with Crippen LogP contribution in [0.4, 0.5) is 4.79 Å². The SMILES string of the molecule is C[C@@H](OC(=O)/C=C/c1ccsc1)C(=O)NC(N)=O. The van der Waals surface area contributed by atoms with Crippen molar-refractivity contribution >= 4 is 35.3 Å². The fourth-order valence-electron chi connectivity index (χ4n) is 1.02. The predicted octanol–water partition coefficient (Wildman–Crippen LogP) is 0.888. The first kappa shape index (κ1) is 13.9. The Labute approximate surface area is 107 Å². The van der Waals surface area contributed by atoms with Gasteiger partial charge < -0.3 is 10.5 Å². The number of primary amides is 1. The van der Waals surface area contributed by atoms with Crippen LogP contribution in [0, 0.1) is 0 Å². The molecule has 18 heavy (non-hydrogen) atoms. The van der Waals surface area contributed by atoms with E-state index in [-0.39, 0.29) is 0 Å². The lowest BCUT2D eigenvalue weighted by Crippen LogP contribution is -2.42. The fourth-order valence-corrected chi connectivity index (χ4v) is 1.65. The Bertz CT molecular complexity index is 467. The van der Waals surface area contributed by atoms with Crippen LogP contribution in [0.15, 0.2) is 22.9 Å². The summed E-state index contributed by atoms with van der Waals surface area (Å²) in [7, 11) is 0. The second kappa shape index (κ2) is 6.55. The highest BCUT2D eigenvalue weighted by Gasteiger charge is 2.17. The van der Waals surface area contributed by atoms with E-state index in [2.05, 4.69) is 0 Å². The number of ether oxygens (including phenoxy) is 1. The molecule has 1 aromatic rings. The Morgan fingerprint density at radius 3 is 2.78 bits per heavy atom. The van der Waals surface area contributed by atoms with Crippen LogP contribution in [0.2, 0.25) is 0 Å². The second-order valence-corrected chi connectivity index (χ2v) is 4.10. The number of carbonyl (C=O) groups excluding carboxylic acids is 3. The molecule has 1 atom stereocenters. The summed E-state index contributed by atoms with van der Waals surface area (Å²) in [6, 6.07) is 0.842. The summed E-state index contributed by atoms with van der Waals surface area (Å²) in [5.74, 6) is -1.44. The number of amides is 3. The van der Waals surface area contributed by atoms with Crippen LogP contribution in [0.3, 0.4) is 0 Å². The predicted molar refractivity (Wildman–Crippen MR) is 66.6 cm³/mol. The van der Waals surface area contributed by atoms with Crippen molar-refractivity contribution in [1.29, 1.82) is 0 Å². The number of thiophene rings is 1. The first-order chi connectivity index (χ1) is 8.49. The van der Waals surface area contributed by atoms with E-state index >= 15 is 0 Å². The lowest BCUT2D eigenvalue weighted by Gasteiger charge is -2.09. The maximum atomic E-state index is 11.3. The first-order valence-corrected chi connectivity index (χ1v) is 5.94. The second-order valence-electron chi connectivity index (χ2n) is 3.32. The maximum Gasteiger partial charge on any atom is 0.331 e. The molecular formula is C11H12N2O4S. The fraction of sp³-hybridized carbons (Fsp3) is 0.182. The number of hydrogen-bond acceptors (Lipinski definition) is 5. The monoisotopic (exact) mass is 268 g/mol. The van der Waals surface area contributed by atoms with E-state index in [1.165, 1.54) is 24.3 Å². The number of esters is 1. The van der Waals surface area contributed by atoms with Gasteiger partial charge in [0.05, 0.1) is 0 Å². The molecule has 0 radical (unpaired) electrons. The molecule has 6 nitrogen and oxygen atoms in total. The highest BCUT2D eigenvalue weighted by molar-refractivity contribution is 7.08. The van der Waals surface area contributed by atoms with Crippen molar-refractivity contribution < 1.29 is 19.1 Å². The number of carbonyl (C=O) groups is 3. The molecule has 7 heteroatoms. The van der Waals surface area contributed by atoms with E-state index in [0.29, 0.717) is 0 Å². The average molecular weight is 268 g/mol. The van der Waals surface area contributed by atoms with Gasteiger partial charge in [-0.2, -0.15) is 11.3 Å². The molecule has 0 fully saturated rings. The lowest BCUT2D eigenvalue weighted by molar-refractivity contribution is -0.149. The molecule has 0 unspecified atom stereocenters. The summed E-state index contributed by atoms with van der Waals surface area (Å²) >= 11 is 1.50. The van der Waals surface area contributed by atoms with Crippen molar-refractivity contribution in [3.05, 3.63) is 28.5 Å². The van der Waals surface area contributed by atoms with Crippen molar-refractivity contribution in [2.45, 2.75) is 13.0 Å². The van der Waals surface area contributed by atoms with Crippen molar-refractivity contribution in [1.82, 2.24) is 5.32 Å². The van der Waals surface area contributed by atoms with Crippen molar-refractivity contribution in [3.63, 3.8) is 0 Å². The summed E-state index contributed by atoms with van der Waals surface area (Å²) in [4.78, 5) is 33.0. The summed E-state index contributed by atoms with van der Waals surface area (Å²) in [6.07, 6.45) is 1.69. The Morgan fingerprint density at radius 2 is 2.22 bits per heavy atom. The van der Waals surface area contributed by atoms with E-state index in [1.54, 1.807) is 6.08 Å².